The molecule has 1 N–H and O–H groups in total. The molecule has 0 spiro atoms. The van der Waals surface area contributed by atoms with Crippen molar-refractivity contribution >= 4 is 39.0 Å². The summed E-state index contributed by atoms with van der Waals surface area (Å²) in [6.07, 6.45) is 2.68. The van der Waals surface area contributed by atoms with E-state index >= 15 is 0 Å². The van der Waals surface area contributed by atoms with Crippen LogP contribution in [-0.4, -0.2) is 28.9 Å². The number of fused-ring (bicyclic) bond motifs is 1. The van der Waals surface area contributed by atoms with E-state index in [0.717, 1.165) is 29.8 Å². The largest absolute Gasteiger partial charge is 0.361 e. The Kier molecular flexibility index (Phi) is 4.03. The number of nitrogens with one attached hydrogen (secondary N) is 1. The van der Waals surface area contributed by atoms with Crippen LogP contribution < -0.4 is 5.32 Å². The Hall–Kier alpha value is -1.40. The monoisotopic (exact) mass is 351 g/mol. The lowest BCUT2D eigenvalue weighted by Crippen LogP contribution is -2.38. The highest BCUT2D eigenvalue weighted by molar-refractivity contribution is 9.10. The molecule has 0 bridgehead atoms. The van der Waals surface area contributed by atoms with Gasteiger partial charge in [0.15, 0.2) is 0 Å². The third kappa shape index (κ3) is 3.02. The Labute approximate surface area is 130 Å². The summed E-state index contributed by atoms with van der Waals surface area (Å²) in [5.41, 5.74) is 1.29. The quantitative estimate of drug-likeness (QED) is 0.924. The molecule has 0 fully saturated rings. The first kappa shape index (κ1) is 13.6. The smallest absolute Gasteiger partial charge is 0.242 e. The first-order valence-electron chi connectivity index (χ1n) is 6.41. The van der Waals surface area contributed by atoms with Gasteiger partial charge in [0.25, 0.3) is 0 Å². The molecule has 1 amide bonds. The van der Waals surface area contributed by atoms with Gasteiger partial charge in [-0.1, -0.05) is 0 Å². The van der Waals surface area contributed by atoms with E-state index in [1.54, 1.807) is 17.5 Å². The molecule has 2 aromatic heterocycles. The molecule has 1 aliphatic rings. The number of hydrogen-bond acceptors (Lipinski definition) is 4. The number of carbonyl (C=O) groups is 1. The van der Waals surface area contributed by atoms with Crippen LogP contribution in [0.25, 0.3) is 0 Å². The van der Waals surface area contributed by atoms with E-state index < -0.39 is 0 Å². The summed E-state index contributed by atoms with van der Waals surface area (Å²) in [5.74, 6) is 0.835. The number of aromatic nitrogens is 1. The molecule has 0 aromatic carbocycles. The number of halogens is 1. The molecular formula is C14H14BrN3OS. The summed E-state index contributed by atoms with van der Waals surface area (Å²) in [5, 5.41) is 5.17. The summed E-state index contributed by atoms with van der Waals surface area (Å²) < 4.78 is 0.926. The third-order valence-electron chi connectivity index (χ3n) is 3.31. The van der Waals surface area contributed by atoms with E-state index in [1.165, 1.54) is 10.4 Å². The van der Waals surface area contributed by atoms with Crippen molar-refractivity contribution in [3.8, 4) is 0 Å². The van der Waals surface area contributed by atoms with Crippen molar-refractivity contribution in [2.45, 2.75) is 13.0 Å². The lowest BCUT2D eigenvalue weighted by molar-refractivity contribution is -0.130. The van der Waals surface area contributed by atoms with Crippen LogP contribution >= 0.6 is 27.3 Å². The van der Waals surface area contributed by atoms with Crippen LogP contribution in [0.1, 0.15) is 10.4 Å². The molecule has 0 saturated heterocycles. The normalized spacial score (nSPS) is 13.9. The second kappa shape index (κ2) is 5.93. The standard InChI is InChI=1S/C14H14BrN3OS/c15-11-1-2-13(16-7-11)17-8-14(19)18-5-3-12-10(9-18)4-6-20-12/h1-2,4,6-7H,3,5,8-9H2,(H,16,17). The Balaban J connectivity index is 1.56. The molecular weight excluding hydrogens is 338 g/mol. The van der Waals surface area contributed by atoms with E-state index in [1.807, 2.05) is 17.0 Å². The molecule has 1 aliphatic heterocycles. The van der Waals surface area contributed by atoms with Crippen LogP contribution in [0.4, 0.5) is 5.82 Å². The Morgan fingerprint density at radius 3 is 3.15 bits per heavy atom. The van der Waals surface area contributed by atoms with Gasteiger partial charge in [0.05, 0.1) is 6.54 Å². The van der Waals surface area contributed by atoms with Gasteiger partial charge < -0.3 is 10.2 Å². The fourth-order valence-corrected chi connectivity index (χ4v) is 3.34. The van der Waals surface area contributed by atoms with Gasteiger partial charge in [0, 0.05) is 28.6 Å². The van der Waals surface area contributed by atoms with Crippen molar-refractivity contribution in [2.75, 3.05) is 18.4 Å². The van der Waals surface area contributed by atoms with E-state index in [4.69, 9.17) is 0 Å². The lowest BCUT2D eigenvalue weighted by Gasteiger charge is -2.27. The van der Waals surface area contributed by atoms with Gasteiger partial charge in [0.2, 0.25) is 5.91 Å². The second-order valence-corrected chi connectivity index (χ2v) is 6.57. The molecule has 3 heterocycles. The minimum absolute atomic E-state index is 0.117. The SMILES string of the molecule is O=C(CNc1ccc(Br)cn1)N1CCc2sccc2C1. The summed E-state index contributed by atoms with van der Waals surface area (Å²) in [7, 11) is 0. The van der Waals surface area contributed by atoms with Crippen LogP contribution in [0.15, 0.2) is 34.2 Å². The van der Waals surface area contributed by atoms with E-state index in [2.05, 4.69) is 37.7 Å². The summed E-state index contributed by atoms with van der Waals surface area (Å²) in [4.78, 5) is 19.7. The van der Waals surface area contributed by atoms with Gasteiger partial charge in [-0.2, -0.15) is 0 Å². The Bertz CT molecular complexity index is 611. The molecule has 104 valence electrons. The Morgan fingerprint density at radius 1 is 1.45 bits per heavy atom. The Morgan fingerprint density at radius 2 is 2.35 bits per heavy atom. The van der Waals surface area contributed by atoms with Gasteiger partial charge in [0.1, 0.15) is 5.82 Å². The number of pyridine rings is 1. The highest BCUT2D eigenvalue weighted by atomic mass is 79.9. The van der Waals surface area contributed by atoms with Crippen LogP contribution in [0, 0.1) is 0 Å². The number of amides is 1. The topological polar surface area (TPSA) is 45.2 Å². The van der Waals surface area contributed by atoms with Crippen molar-refractivity contribution in [3.63, 3.8) is 0 Å². The fourth-order valence-electron chi connectivity index (χ4n) is 2.22. The maximum atomic E-state index is 12.2. The minimum atomic E-state index is 0.117. The van der Waals surface area contributed by atoms with Gasteiger partial charge in [-0.05, 0) is 51.5 Å². The van der Waals surface area contributed by atoms with Crippen molar-refractivity contribution in [3.05, 3.63) is 44.7 Å². The highest BCUT2D eigenvalue weighted by Crippen LogP contribution is 2.23. The first-order valence-corrected chi connectivity index (χ1v) is 8.08. The molecule has 0 aliphatic carbocycles. The number of carbonyl (C=O) groups excluding carboxylic acids is 1. The van der Waals surface area contributed by atoms with Crippen LogP contribution in [0.3, 0.4) is 0 Å². The van der Waals surface area contributed by atoms with Crippen molar-refractivity contribution < 1.29 is 4.79 Å². The lowest BCUT2D eigenvalue weighted by atomic mass is 10.1. The van der Waals surface area contributed by atoms with Crippen molar-refractivity contribution in [2.24, 2.45) is 0 Å². The van der Waals surface area contributed by atoms with Crippen LogP contribution in [-0.2, 0) is 17.8 Å². The van der Waals surface area contributed by atoms with Gasteiger partial charge in [-0.15, -0.1) is 11.3 Å². The predicted octanol–water partition coefficient (Wildman–Crippen LogP) is 2.90. The van der Waals surface area contributed by atoms with Crippen molar-refractivity contribution in [1.29, 1.82) is 0 Å². The summed E-state index contributed by atoms with van der Waals surface area (Å²) >= 11 is 5.12. The number of nitrogens with zero attached hydrogens (tertiary/aromatic N) is 2. The second-order valence-electron chi connectivity index (χ2n) is 4.65. The molecule has 2 aromatic rings. The third-order valence-corrected chi connectivity index (χ3v) is 4.80. The van der Waals surface area contributed by atoms with Crippen LogP contribution in [0.5, 0.6) is 0 Å². The van der Waals surface area contributed by atoms with Gasteiger partial charge >= 0.3 is 0 Å². The molecule has 0 radical (unpaired) electrons. The average molecular weight is 352 g/mol. The number of rotatable bonds is 3. The summed E-state index contributed by atoms with van der Waals surface area (Å²) in [6.45, 7) is 1.82. The zero-order valence-electron chi connectivity index (χ0n) is 10.8. The zero-order chi connectivity index (χ0) is 13.9. The molecule has 20 heavy (non-hydrogen) atoms. The molecule has 0 atom stereocenters. The average Bonchev–Trinajstić information content (AvgIpc) is 2.93. The number of thiophene rings is 1. The molecule has 6 heteroatoms. The van der Waals surface area contributed by atoms with Crippen molar-refractivity contribution in [1.82, 2.24) is 9.88 Å². The van der Waals surface area contributed by atoms with Gasteiger partial charge in [-0.3, -0.25) is 4.79 Å². The van der Waals surface area contributed by atoms with Crippen LogP contribution in [0.2, 0.25) is 0 Å². The number of hydrogen-bond donors (Lipinski definition) is 1. The van der Waals surface area contributed by atoms with Gasteiger partial charge in [-0.25, -0.2) is 4.98 Å². The summed E-state index contributed by atoms with van der Waals surface area (Å²) in [6, 6.07) is 5.87. The fraction of sp³-hybridized carbons (Fsp3) is 0.286. The maximum absolute atomic E-state index is 12.2. The first-order chi connectivity index (χ1) is 9.72. The van der Waals surface area contributed by atoms with E-state index in [9.17, 15) is 4.79 Å². The zero-order valence-corrected chi connectivity index (χ0v) is 13.2. The molecule has 0 unspecified atom stereocenters. The number of anilines is 1. The minimum Gasteiger partial charge on any atom is -0.361 e. The molecule has 4 nitrogen and oxygen atoms in total. The molecule has 0 saturated carbocycles. The maximum Gasteiger partial charge on any atom is 0.242 e. The molecule has 3 rings (SSSR count). The van der Waals surface area contributed by atoms with E-state index in [0.29, 0.717) is 0 Å². The highest BCUT2D eigenvalue weighted by Gasteiger charge is 2.21. The predicted molar refractivity (Wildman–Crippen MR) is 83.9 cm³/mol. The van der Waals surface area contributed by atoms with E-state index in [-0.39, 0.29) is 12.5 Å².